The lowest BCUT2D eigenvalue weighted by atomic mass is 10.1. The van der Waals surface area contributed by atoms with Crippen molar-refractivity contribution in [2.75, 3.05) is 0 Å². The van der Waals surface area contributed by atoms with Gasteiger partial charge in [-0.3, -0.25) is 4.79 Å². The Morgan fingerprint density at radius 3 is 2.42 bits per heavy atom. The zero-order chi connectivity index (χ0) is 14.8. The van der Waals surface area contributed by atoms with Gasteiger partial charge >= 0.3 is 0 Å². The van der Waals surface area contributed by atoms with Crippen LogP contribution in [0.15, 0.2) is 23.1 Å². The molecule has 0 aliphatic rings. The molecule has 1 aromatic carbocycles. The summed E-state index contributed by atoms with van der Waals surface area (Å²) in [6.07, 6.45) is 0. The number of hydrogen-bond acceptors (Lipinski definition) is 4. The molecule has 1 aromatic rings. The van der Waals surface area contributed by atoms with Crippen molar-refractivity contribution in [1.29, 1.82) is 0 Å². The van der Waals surface area contributed by atoms with Crippen LogP contribution in [0, 0.1) is 6.92 Å². The predicted octanol–water partition coefficient (Wildman–Crippen LogP) is -0.00408. The summed E-state index contributed by atoms with van der Waals surface area (Å²) < 4.78 is 26.9. The maximum atomic E-state index is 12.3. The molecular weight excluding hydrogens is 266 g/mol. The maximum absolute atomic E-state index is 12.3. The van der Waals surface area contributed by atoms with E-state index in [9.17, 15) is 13.2 Å². The molecule has 7 heteroatoms. The van der Waals surface area contributed by atoms with Gasteiger partial charge in [0.05, 0.1) is 4.90 Å². The lowest BCUT2D eigenvalue weighted by Gasteiger charge is -2.22. The Morgan fingerprint density at radius 2 is 1.95 bits per heavy atom. The molecule has 0 aliphatic carbocycles. The fourth-order valence-corrected chi connectivity index (χ4v) is 3.18. The largest absolute Gasteiger partial charge is 0.368 e. The molecule has 106 valence electrons. The van der Waals surface area contributed by atoms with Crippen molar-refractivity contribution in [1.82, 2.24) is 4.72 Å². The molecule has 5 N–H and O–H groups in total. The summed E-state index contributed by atoms with van der Waals surface area (Å²) >= 11 is 0. The van der Waals surface area contributed by atoms with E-state index < -0.39 is 21.5 Å². The van der Waals surface area contributed by atoms with Gasteiger partial charge in [-0.2, -0.15) is 4.72 Å². The van der Waals surface area contributed by atoms with Crippen LogP contribution in [-0.4, -0.2) is 19.9 Å². The molecule has 0 saturated carbocycles. The van der Waals surface area contributed by atoms with Gasteiger partial charge in [0, 0.05) is 6.54 Å². The average molecular weight is 285 g/mol. The number of carbonyl (C=O) groups is 1. The highest BCUT2D eigenvalue weighted by Gasteiger charge is 2.32. The van der Waals surface area contributed by atoms with Crippen molar-refractivity contribution < 1.29 is 13.2 Å². The number of sulfonamides is 1. The molecule has 0 fully saturated rings. The Kier molecular flexibility index (Phi) is 4.34. The fraction of sp³-hybridized carbons (Fsp3) is 0.417. The van der Waals surface area contributed by atoms with Crippen molar-refractivity contribution in [3.63, 3.8) is 0 Å². The number of nitrogens with one attached hydrogen (secondary N) is 1. The Balaban J connectivity index is 3.25. The third kappa shape index (κ3) is 3.52. The molecule has 0 bridgehead atoms. The second-order valence-corrected chi connectivity index (χ2v) is 6.55. The SMILES string of the molecule is Cc1ccc(CN)cc1S(=O)(=O)NC(C)(C)C(N)=O. The Bertz CT molecular complexity index is 594. The second-order valence-electron chi connectivity index (χ2n) is 4.90. The first-order valence-electron chi connectivity index (χ1n) is 5.73. The van der Waals surface area contributed by atoms with Gasteiger partial charge in [0.2, 0.25) is 15.9 Å². The van der Waals surface area contributed by atoms with Crippen molar-refractivity contribution in [3.05, 3.63) is 29.3 Å². The van der Waals surface area contributed by atoms with Crippen LogP contribution in [0.4, 0.5) is 0 Å². The first kappa shape index (κ1) is 15.6. The number of nitrogens with two attached hydrogens (primary N) is 2. The van der Waals surface area contributed by atoms with Gasteiger partial charge in [-0.15, -0.1) is 0 Å². The number of hydrogen-bond donors (Lipinski definition) is 3. The summed E-state index contributed by atoms with van der Waals surface area (Å²) in [6.45, 7) is 4.73. The molecule has 0 heterocycles. The molecule has 0 aromatic heterocycles. The molecule has 19 heavy (non-hydrogen) atoms. The highest BCUT2D eigenvalue weighted by molar-refractivity contribution is 7.89. The van der Waals surface area contributed by atoms with E-state index >= 15 is 0 Å². The maximum Gasteiger partial charge on any atom is 0.241 e. The van der Waals surface area contributed by atoms with Crippen LogP contribution in [0.2, 0.25) is 0 Å². The molecule has 0 saturated heterocycles. The molecule has 1 amide bonds. The zero-order valence-corrected chi connectivity index (χ0v) is 12.0. The van der Waals surface area contributed by atoms with Crippen LogP contribution in [0.5, 0.6) is 0 Å². The van der Waals surface area contributed by atoms with Gasteiger partial charge in [0.15, 0.2) is 0 Å². The van der Waals surface area contributed by atoms with E-state index in [0.717, 1.165) is 0 Å². The average Bonchev–Trinajstić information content (AvgIpc) is 2.27. The molecule has 1 rings (SSSR count). The van der Waals surface area contributed by atoms with Crippen LogP contribution in [0.1, 0.15) is 25.0 Å². The summed E-state index contributed by atoms with van der Waals surface area (Å²) in [6, 6.07) is 4.93. The highest BCUT2D eigenvalue weighted by atomic mass is 32.2. The Hall–Kier alpha value is -1.44. The quantitative estimate of drug-likeness (QED) is 0.706. The van der Waals surface area contributed by atoms with Crippen LogP contribution < -0.4 is 16.2 Å². The molecule has 0 atom stereocenters. The van der Waals surface area contributed by atoms with E-state index in [1.165, 1.54) is 19.9 Å². The van der Waals surface area contributed by atoms with Gasteiger partial charge in [-0.05, 0) is 38.0 Å². The van der Waals surface area contributed by atoms with Gasteiger partial charge in [0.25, 0.3) is 0 Å². The lowest BCUT2D eigenvalue weighted by molar-refractivity contribution is -0.122. The number of rotatable bonds is 5. The molecule has 0 radical (unpaired) electrons. The third-order valence-corrected chi connectivity index (χ3v) is 4.58. The smallest absolute Gasteiger partial charge is 0.241 e. The van der Waals surface area contributed by atoms with E-state index in [1.54, 1.807) is 19.1 Å². The van der Waals surface area contributed by atoms with E-state index in [-0.39, 0.29) is 11.4 Å². The summed E-state index contributed by atoms with van der Waals surface area (Å²) in [5, 5.41) is 0. The molecular formula is C12H19N3O3S. The predicted molar refractivity (Wildman–Crippen MR) is 72.7 cm³/mol. The topological polar surface area (TPSA) is 115 Å². The first-order chi connectivity index (χ1) is 8.60. The highest BCUT2D eigenvalue weighted by Crippen LogP contribution is 2.19. The summed E-state index contributed by atoms with van der Waals surface area (Å²) in [7, 11) is -3.83. The normalized spacial score (nSPS) is 12.4. The number of benzene rings is 1. The fourth-order valence-electron chi connectivity index (χ4n) is 1.50. The van der Waals surface area contributed by atoms with E-state index in [2.05, 4.69) is 4.72 Å². The van der Waals surface area contributed by atoms with Crippen LogP contribution in [0.25, 0.3) is 0 Å². The molecule has 6 nitrogen and oxygen atoms in total. The molecule has 0 aliphatic heterocycles. The first-order valence-corrected chi connectivity index (χ1v) is 7.22. The van der Waals surface area contributed by atoms with Gasteiger partial charge in [-0.1, -0.05) is 12.1 Å². The van der Waals surface area contributed by atoms with Crippen molar-refractivity contribution >= 4 is 15.9 Å². The number of primary amides is 1. The second kappa shape index (κ2) is 5.28. The van der Waals surface area contributed by atoms with E-state index in [4.69, 9.17) is 11.5 Å². The van der Waals surface area contributed by atoms with E-state index in [0.29, 0.717) is 11.1 Å². The summed E-state index contributed by atoms with van der Waals surface area (Å²) in [4.78, 5) is 11.3. The third-order valence-electron chi connectivity index (χ3n) is 2.78. The minimum absolute atomic E-state index is 0.102. The van der Waals surface area contributed by atoms with Crippen molar-refractivity contribution in [2.45, 2.75) is 37.8 Å². The van der Waals surface area contributed by atoms with Gasteiger partial charge in [-0.25, -0.2) is 8.42 Å². The standard InChI is InChI=1S/C12H19N3O3S/c1-8-4-5-9(7-13)6-10(8)19(17,18)15-12(2,3)11(14)16/h4-6,15H,7,13H2,1-3H3,(H2,14,16). The molecule has 0 unspecified atom stereocenters. The van der Waals surface area contributed by atoms with Crippen LogP contribution in [0.3, 0.4) is 0 Å². The van der Waals surface area contributed by atoms with Crippen LogP contribution >= 0.6 is 0 Å². The monoisotopic (exact) mass is 285 g/mol. The van der Waals surface area contributed by atoms with Crippen molar-refractivity contribution in [3.8, 4) is 0 Å². The lowest BCUT2D eigenvalue weighted by Crippen LogP contribution is -2.52. The number of carbonyl (C=O) groups excluding carboxylic acids is 1. The number of amides is 1. The molecule has 0 spiro atoms. The zero-order valence-electron chi connectivity index (χ0n) is 11.2. The summed E-state index contributed by atoms with van der Waals surface area (Å²) in [5.41, 5.74) is 10.6. The number of aryl methyl sites for hydroxylation is 1. The minimum atomic E-state index is -3.83. The van der Waals surface area contributed by atoms with Gasteiger partial charge in [0.1, 0.15) is 5.54 Å². The Morgan fingerprint density at radius 1 is 1.37 bits per heavy atom. The van der Waals surface area contributed by atoms with E-state index in [1.807, 2.05) is 0 Å². The van der Waals surface area contributed by atoms with Crippen molar-refractivity contribution in [2.24, 2.45) is 11.5 Å². The van der Waals surface area contributed by atoms with Gasteiger partial charge < -0.3 is 11.5 Å². The van der Waals surface area contributed by atoms with Crippen LogP contribution in [-0.2, 0) is 21.4 Å². The summed E-state index contributed by atoms with van der Waals surface area (Å²) in [5.74, 6) is -0.747. The Labute approximate surface area is 113 Å². The minimum Gasteiger partial charge on any atom is -0.368 e.